The van der Waals surface area contributed by atoms with E-state index in [1.807, 2.05) is 71.9 Å². The van der Waals surface area contributed by atoms with Gasteiger partial charge in [-0.2, -0.15) is 0 Å². The van der Waals surface area contributed by atoms with E-state index in [-0.39, 0.29) is 24.5 Å². The maximum Gasteiger partial charge on any atom is 0.307 e. The fourth-order valence-corrected chi connectivity index (χ4v) is 4.04. The van der Waals surface area contributed by atoms with Crippen molar-refractivity contribution in [3.05, 3.63) is 83.6 Å². The van der Waals surface area contributed by atoms with Gasteiger partial charge in [-0.1, -0.05) is 36.3 Å². The summed E-state index contributed by atoms with van der Waals surface area (Å²) < 4.78 is 21.7. The van der Waals surface area contributed by atoms with Gasteiger partial charge in [0.1, 0.15) is 36.7 Å². The Morgan fingerprint density at radius 1 is 1.05 bits per heavy atom. The number of hydrogen-bond donors (Lipinski definition) is 1. The van der Waals surface area contributed by atoms with Gasteiger partial charge in [0.05, 0.1) is 25.6 Å². The maximum atomic E-state index is 11.9. The van der Waals surface area contributed by atoms with Crippen LogP contribution in [0.25, 0.3) is 0 Å². The summed E-state index contributed by atoms with van der Waals surface area (Å²) in [7, 11) is 1.65. The van der Waals surface area contributed by atoms with Crippen LogP contribution in [0.5, 0.6) is 11.5 Å². The van der Waals surface area contributed by atoms with Crippen LogP contribution < -0.4 is 14.9 Å². The first-order valence-corrected chi connectivity index (χ1v) is 12.6. The average Bonchev–Trinajstić information content (AvgIpc) is 3.36. The highest BCUT2D eigenvalue weighted by atomic mass is 16.5. The third-order valence-electron chi connectivity index (χ3n) is 5.95. The molecule has 2 aliphatic heterocycles. The number of ether oxygens (including phenoxy) is 4. The van der Waals surface area contributed by atoms with Gasteiger partial charge in [-0.25, -0.2) is 10.4 Å². The van der Waals surface area contributed by atoms with Crippen molar-refractivity contribution >= 4 is 11.8 Å². The molecule has 2 heterocycles. The number of hydrogen-bond acceptors (Lipinski definition) is 8. The molecule has 8 nitrogen and oxygen atoms in total. The summed E-state index contributed by atoms with van der Waals surface area (Å²) in [5, 5.41) is 1.92. The molecule has 0 aliphatic carbocycles. The van der Waals surface area contributed by atoms with E-state index in [4.69, 9.17) is 23.9 Å². The lowest BCUT2D eigenvalue weighted by atomic mass is 9.96. The topological polar surface area (TPSA) is 81.6 Å². The fraction of sp³-hybridized carbons (Fsp3) is 0.333. The van der Waals surface area contributed by atoms with Gasteiger partial charge in [0.15, 0.2) is 0 Å². The summed E-state index contributed by atoms with van der Waals surface area (Å²) in [6.45, 7) is 5.40. The number of carbonyl (C=O) groups is 1. The number of hydrazine groups is 1. The standard InChI is InChI=1S/C30H33N3O5/c1-4-6-25(19-29(34)36-5-2)23-8-12-27(13-9-23)38-21-22-7-16-28-31-30(32-33(28)20-22)24-10-14-26(15-11-24)37-18-17-35-3/h7-16,20,25,30,32H,5,17-19,21H2,1-3H3. The normalized spacial score (nSPS) is 16.5. The Labute approximate surface area is 223 Å². The van der Waals surface area contributed by atoms with Gasteiger partial charge in [-0.15, -0.1) is 5.92 Å². The van der Waals surface area contributed by atoms with Crippen LogP contribution in [0.4, 0.5) is 0 Å². The number of nitrogens with zero attached hydrogens (tertiary/aromatic N) is 2. The van der Waals surface area contributed by atoms with E-state index in [2.05, 4.69) is 17.3 Å². The Kier molecular flexibility index (Phi) is 9.57. The molecular formula is C30H33N3O5. The molecule has 0 bridgehead atoms. The minimum atomic E-state index is -0.249. The molecule has 0 saturated heterocycles. The van der Waals surface area contributed by atoms with Gasteiger partial charge in [0.2, 0.25) is 0 Å². The van der Waals surface area contributed by atoms with Crippen LogP contribution in [0.15, 0.2) is 77.4 Å². The van der Waals surface area contributed by atoms with Crippen LogP contribution in [0.2, 0.25) is 0 Å². The van der Waals surface area contributed by atoms with Crippen molar-refractivity contribution in [1.29, 1.82) is 0 Å². The second kappa shape index (κ2) is 13.5. The molecule has 8 heteroatoms. The first kappa shape index (κ1) is 27.0. The summed E-state index contributed by atoms with van der Waals surface area (Å²) in [6, 6.07) is 15.6. The second-order valence-corrected chi connectivity index (χ2v) is 8.65. The van der Waals surface area contributed by atoms with Crippen molar-refractivity contribution < 1.29 is 23.7 Å². The second-order valence-electron chi connectivity index (χ2n) is 8.65. The molecule has 2 atom stereocenters. The number of benzene rings is 2. The highest BCUT2D eigenvalue weighted by molar-refractivity contribution is 5.96. The Hall–Kier alpha value is -4.06. The van der Waals surface area contributed by atoms with Crippen LogP contribution in [0.3, 0.4) is 0 Å². The Balaban J connectivity index is 1.30. The predicted molar refractivity (Wildman–Crippen MR) is 146 cm³/mol. The van der Waals surface area contributed by atoms with Crippen molar-refractivity contribution in [1.82, 2.24) is 10.4 Å². The molecule has 2 unspecified atom stereocenters. The van der Waals surface area contributed by atoms with Crippen LogP contribution in [-0.4, -0.2) is 50.4 Å². The number of esters is 1. The number of methoxy groups -OCH3 is 1. The molecule has 0 saturated carbocycles. The predicted octanol–water partition coefficient (Wildman–Crippen LogP) is 4.52. The number of rotatable bonds is 12. The first-order chi connectivity index (χ1) is 18.6. The summed E-state index contributed by atoms with van der Waals surface area (Å²) >= 11 is 0. The van der Waals surface area contributed by atoms with E-state index in [0.717, 1.165) is 34.0 Å². The SMILES string of the molecule is CC#CC(CC(=O)OCC)c1ccc(OCC2=CN3NC(c4ccc(OCCOC)cc4)N=C3C=C2)cc1. The lowest BCUT2D eigenvalue weighted by molar-refractivity contribution is -0.143. The molecular weight excluding hydrogens is 482 g/mol. The van der Waals surface area contributed by atoms with E-state index in [1.54, 1.807) is 21.0 Å². The Morgan fingerprint density at radius 3 is 2.50 bits per heavy atom. The first-order valence-electron chi connectivity index (χ1n) is 12.6. The van der Waals surface area contributed by atoms with Crippen molar-refractivity contribution in [3.8, 4) is 23.3 Å². The van der Waals surface area contributed by atoms with Crippen LogP contribution in [0.1, 0.15) is 43.5 Å². The Bertz CT molecular complexity index is 1240. The molecule has 4 rings (SSSR count). The summed E-state index contributed by atoms with van der Waals surface area (Å²) in [6.07, 6.45) is 6.02. The number of fused-ring (bicyclic) bond motifs is 1. The van der Waals surface area contributed by atoms with Gasteiger partial charge >= 0.3 is 5.97 Å². The zero-order valence-corrected chi connectivity index (χ0v) is 22.0. The smallest absolute Gasteiger partial charge is 0.307 e. The minimum absolute atomic E-state index is 0.180. The van der Waals surface area contributed by atoms with Gasteiger partial charge in [-0.3, -0.25) is 9.80 Å². The van der Waals surface area contributed by atoms with Crippen LogP contribution in [0, 0.1) is 11.8 Å². The third-order valence-corrected chi connectivity index (χ3v) is 5.95. The summed E-state index contributed by atoms with van der Waals surface area (Å²) in [5.74, 6) is 7.93. The van der Waals surface area contributed by atoms with Crippen molar-refractivity contribution in [2.75, 3.05) is 33.5 Å². The molecule has 2 aromatic carbocycles. The van der Waals surface area contributed by atoms with Gasteiger partial charge in [0, 0.05) is 18.9 Å². The van der Waals surface area contributed by atoms with E-state index >= 15 is 0 Å². The van der Waals surface area contributed by atoms with Crippen LogP contribution in [-0.2, 0) is 14.3 Å². The highest BCUT2D eigenvalue weighted by Gasteiger charge is 2.25. The van der Waals surface area contributed by atoms with Crippen molar-refractivity contribution in [2.24, 2.45) is 4.99 Å². The molecule has 1 N–H and O–H groups in total. The van der Waals surface area contributed by atoms with Gasteiger partial charge in [0.25, 0.3) is 0 Å². The lowest BCUT2D eigenvalue weighted by Gasteiger charge is -2.20. The van der Waals surface area contributed by atoms with E-state index in [1.165, 1.54) is 0 Å². The molecule has 38 heavy (non-hydrogen) atoms. The number of nitrogens with one attached hydrogen (secondary N) is 1. The average molecular weight is 516 g/mol. The summed E-state index contributed by atoms with van der Waals surface area (Å²) in [4.78, 5) is 16.7. The minimum Gasteiger partial charge on any atom is -0.491 e. The molecule has 0 fully saturated rings. The lowest BCUT2D eigenvalue weighted by Crippen LogP contribution is -2.34. The van der Waals surface area contributed by atoms with E-state index < -0.39 is 0 Å². The molecule has 2 aliphatic rings. The van der Waals surface area contributed by atoms with Gasteiger partial charge in [-0.05, 0) is 55.3 Å². The monoisotopic (exact) mass is 515 g/mol. The van der Waals surface area contributed by atoms with Crippen molar-refractivity contribution in [3.63, 3.8) is 0 Å². The van der Waals surface area contributed by atoms with Crippen LogP contribution >= 0.6 is 0 Å². The molecule has 0 aromatic heterocycles. The quantitative estimate of drug-likeness (QED) is 0.253. The number of amidine groups is 1. The largest absolute Gasteiger partial charge is 0.491 e. The zero-order chi connectivity index (χ0) is 26.7. The van der Waals surface area contributed by atoms with E-state index in [0.29, 0.717) is 26.4 Å². The van der Waals surface area contributed by atoms with Crippen molar-refractivity contribution in [2.45, 2.75) is 32.4 Å². The number of aliphatic imine (C=N–C) groups is 1. The number of carbonyl (C=O) groups excluding carboxylic acids is 1. The fourth-order valence-electron chi connectivity index (χ4n) is 4.04. The maximum absolute atomic E-state index is 11.9. The molecule has 2 aromatic rings. The Morgan fingerprint density at radius 2 is 1.79 bits per heavy atom. The third kappa shape index (κ3) is 7.25. The molecule has 0 amide bonds. The van der Waals surface area contributed by atoms with E-state index in [9.17, 15) is 4.79 Å². The molecule has 198 valence electrons. The molecule has 0 radical (unpaired) electrons. The highest BCUT2D eigenvalue weighted by Crippen LogP contribution is 2.26. The molecule has 0 spiro atoms. The zero-order valence-electron chi connectivity index (χ0n) is 22.0. The summed E-state index contributed by atoms with van der Waals surface area (Å²) in [5.41, 5.74) is 6.40. The van der Waals surface area contributed by atoms with Gasteiger partial charge < -0.3 is 18.9 Å².